The van der Waals surface area contributed by atoms with Crippen molar-refractivity contribution in [3.05, 3.63) is 261 Å². The Kier molecular flexibility index (Phi) is 9.89. The van der Waals surface area contributed by atoms with E-state index in [0.29, 0.717) is 0 Å². The van der Waals surface area contributed by atoms with Crippen LogP contribution in [0.25, 0.3) is 99.5 Å². The summed E-state index contributed by atoms with van der Waals surface area (Å²) in [6, 6.07) is 93.8. The first kappa shape index (κ1) is 38.9. The summed E-state index contributed by atoms with van der Waals surface area (Å²) in [5, 5.41) is 4.54. The van der Waals surface area contributed by atoms with Crippen molar-refractivity contribution in [2.24, 2.45) is 0 Å². The number of hydrogen-bond acceptors (Lipinski definition) is 2. The van der Waals surface area contributed by atoms with Crippen molar-refractivity contribution >= 4 is 49.8 Å². The highest BCUT2D eigenvalue weighted by atomic mass is 16.3. The van der Waals surface area contributed by atoms with E-state index < -0.39 is 0 Å². The van der Waals surface area contributed by atoms with Crippen LogP contribution in [0.15, 0.2) is 265 Å². The van der Waals surface area contributed by atoms with Crippen LogP contribution in [0.4, 0.5) is 17.1 Å². The molecule has 12 rings (SSSR count). The Morgan fingerprint density at radius 3 is 1.45 bits per heavy atom. The van der Waals surface area contributed by atoms with E-state index >= 15 is 0 Å². The average molecular weight is 842 g/mol. The first-order chi connectivity index (χ1) is 32.7. The standard InChI is InChI=1S/C64H43NO/c1-4-15-44(16-5-1)50-22-12-23-51(41-50)45-29-35-54(36-30-45)65(55-37-31-46(32-38-55)52-34-39-57(47-17-6-2-7-18-47)61(43-52)48-19-8-3-9-20-48)56-25-13-24-53(42-56)58-27-14-28-62-63(58)60-40-33-49-21-10-11-26-59(49)64(60)66-62/h1-43H. The molecule has 0 radical (unpaired) electrons. The van der Waals surface area contributed by atoms with Crippen molar-refractivity contribution in [3.63, 3.8) is 0 Å². The van der Waals surface area contributed by atoms with Gasteiger partial charge >= 0.3 is 0 Å². The minimum Gasteiger partial charge on any atom is -0.455 e. The second-order valence-electron chi connectivity index (χ2n) is 16.9. The highest BCUT2D eigenvalue weighted by molar-refractivity contribution is 6.19. The Hall–Kier alpha value is -8.72. The Bertz CT molecular complexity index is 3670. The van der Waals surface area contributed by atoms with E-state index in [-0.39, 0.29) is 0 Å². The Labute approximate surface area is 384 Å². The first-order valence-corrected chi connectivity index (χ1v) is 22.6. The van der Waals surface area contributed by atoms with Crippen LogP contribution < -0.4 is 4.90 Å². The molecular weight excluding hydrogens is 799 g/mol. The third-order valence-electron chi connectivity index (χ3n) is 12.9. The quantitative estimate of drug-likeness (QED) is 0.144. The molecule has 0 saturated carbocycles. The summed E-state index contributed by atoms with van der Waals surface area (Å²) in [6.45, 7) is 0. The fraction of sp³-hybridized carbons (Fsp3) is 0. The highest BCUT2D eigenvalue weighted by Gasteiger charge is 2.19. The molecule has 1 aromatic heterocycles. The van der Waals surface area contributed by atoms with E-state index in [2.05, 4.69) is 266 Å². The van der Waals surface area contributed by atoms with Crippen LogP contribution in [0.3, 0.4) is 0 Å². The van der Waals surface area contributed by atoms with Gasteiger partial charge in [0, 0.05) is 33.2 Å². The zero-order chi connectivity index (χ0) is 43.8. The molecule has 0 unspecified atom stereocenters. The van der Waals surface area contributed by atoms with Gasteiger partial charge in [0.15, 0.2) is 0 Å². The summed E-state index contributed by atoms with van der Waals surface area (Å²) in [4.78, 5) is 2.37. The Morgan fingerprint density at radius 1 is 0.258 bits per heavy atom. The van der Waals surface area contributed by atoms with Crippen molar-refractivity contribution in [1.82, 2.24) is 0 Å². The second-order valence-corrected chi connectivity index (χ2v) is 16.9. The molecule has 1 heterocycles. The minimum absolute atomic E-state index is 0.885. The van der Waals surface area contributed by atoms with Crippen molar-refractivity contribution in [2.75, 3.05) is 4.90 Å². The molecule has 0 aliphatic carbocycles. The molecule has 12 aromatic rings. The summed E-state index contributed by atoms with van der Waals surface area (Å²) in [5.74, 6) is 0. The van der Waals surface area contributed by atoms with E-state index in [1.165, 1.54) is 55.5 Å². The number of rotatable bonds is 9. The summed E-state index contributed by atoms with van der Waals surface area (Å²) in [6.07, 6.45) is 0. The molecule has 11 aromatic carbocycles. The minimum atomic E-state index is 0.885. The molecule has 0 N–H and O–H groups in total. The van der Waals surface area contributed by atoms with Gasteiger partial charge in [-0.2, -0.15) is 0 Å². The number of nitrogens with zero attached hydrogens (tertiary/aromatic N) is 1. The molecule has 2 nitrogen and oxygen atoms in total. The van der Waals surface area contributed by atoms with E-state index in [1.54, 1.807) is 0 Å². The van der Waals surface area contributed by atoms with Crippen molar-refractivity contribution in [2.45, 2.75) is 0 Å². The van der Waals surface area contributed by atoms with Crippen LogP contribution in [-0.4, -0.2) is 0 Å². The van der Waals surface area contributed by atoms with Crippen LogP contribution in [0.5, 0.6) is 0 Å². The largest absolute Gasteiger partial charge is 0.455 e. The third kappa shape index (κ3) is 7.21. The number of fused-ring (bicyclic) bond motifs is 5. The van der Waals surface area contributed by atoms with Gasteiger partial charge in [0.25, 0.3) is 0 Å². The molecule has 0 atom stereocenters. The SMILES string of the molecule is c1ccc(-c2cccc(-c3ccc(N(c4ccc(-c5ccc(-c6ccccc6)c(-c6ccccc6)c5)cc4)c4cccc(-c5cccc6oc7c8ccccc8ccc7c56)c4)cc3)c2)cc1. The zero-order valence-electron chi connectivity index (χ0n) is 36.2. The van der Waals surface area contributed by atoms with Crippen LogP contribution in [-0.2, 0) is 0 Å². The van der Waals surface area contributed by atoms with Gasteiger partial charge in [0.05, 0.1) is 0 Å². The number of furan rings is 1. The van der Waals surface area contributed by atoms with Crippen molar-refractivity contribution in [1.29, 1.82) is 0 Å². The lowest BCUT2D eigenvalue weighted by molar-refractivity contribution is 0.673. The summed E-state index contributed by atoms with van der Waals surface area (Å²) < 4.78 is 6.62. The molecule has 0 fully saturated rings. The monoisotopic (exact) mass is 841 g/mol. The Balaban J connectivity index is 0.960. The fourth-order valence-electron chi connectivity index (χ4n) is 9.62. The number of anilines is 3. The molecule has 0 aliphatic rings. The second kappa shape index (κ2) is 16.8. The van der Waals surface area contributed by atoms with Crippen molar-refractivity contribution < 1.29 is 4.42 Å². The van der Waals surface area contributed by atoms with Gasteiger partial charge in [0.1, 0.15) is 11.2 Å². The highest BCUT2D eigenvalue weighted by Crippen LogP contribution is 2.43. The number of hydrogen-bond donors (Lipinski definition) is 0. The zero-order valence-corrected chi connectivity index (χ0v) is 36.2. The van der Waals surface area contributed by atoms with Gasteiger partial charge < -0.3 is 9.32 Å². The molecule has 310 valence electrons. The Morgan fingerprint density at radius 2 is 0.773 bits per heavy atom. The predicted octanol–water partition coefficient (Wildman–Crippen LogP) is 18.2. The molecule has 0 saturated heterocycles. The van der Waals surface area contributed by atoms with Gasteiger partial charge in [-0.3, -0.25) is 0 Å². The van der Waals surface area contributed by atoms with Gasteiger partial charge in [-0.25, -0.2) is 0 Å². The average Bonchev–Trinajstić information content (AvgIpc) is 3.80. The van der Waals surface area contributed by atoms with Crippen LogP contribution in [0, 0.1) is 0 Å². The van der Waals surface area contributed by atoms with Gasteiger partial charge in [0.2, 0.25) is 0 Å². The fourth-order valence-corrected chi connectivity index (χ4v) is 9.62. The molecule has 66 heavy (non-hydrogen) atoms. The molecule has 0 amide bonds. The summed E-state index contributed by atoms with van der Waals surface area (Å²) in [7, 11) is 0. The summed E-state index contributed by atoms with van der Waals surface area (Å²) in [5.41, 5.74) is 19.2. The van der Waals surface area contributed by atoms with Crippen molar-refractivity contribution in [3.8, 4) is 66.8 Å². The molecule has 0 spiro atoms. The first-order valence-electron chi connectivity index (χ1n) is 22.6. The van der Waals surface area contributed by atoms with Gasteiger partial charge in [-0.15, -0.1) is 0 Å². The van der Waals surface area contributed by atoms with E-state index in [1.807, 2.05) is 0 Å². The van der Waals surface area contributed by atoms with E-state index in [4.69, 9.17) is 4.42 Å². The van der Waals surface area contributed by atoms with Crippen LogP contribution in [0.2, 0.25) is 0 Å². The topological polar surface area (TPSA) is 16.4 Å². The smallest absolute Gasteiger partial charge is 0.143 e. The maximum absolute atomic E-state index is 6.62. The van der Waals surface area contributed by atoms with Crippen LogP contribution >= 0.6 is 0 Å². The lowest BCUT2D eigenvalue weighted by Gasteiger charge is -2.26. The molecule has 0 bridgehead atoms. The van der Waals surface area contributed by atoms with Gasteiger partial charge in [-0.05, 0) is 133 Å². The van der Waals surface area contributed by atoms with E-state index in [9.17, 15) is 0 Å². The third-order valence-corrected chi connectivity index (χ3v) is 12.9. The maximum Gasteiger partial charge on any atom is 0.143 e. The summed E-state index contributed by atoms with van der Waals surface area (Å²) >= 11 is 0. The molecule has 0 aliphatic heterocycles. The number of benzene rings is 11. The normalized spacial score (nSPS) is 11.3. The molecular formula is C64H43NO. The van der Waals surface area contributed by atoms with Gasteiger partial charge in [-0.1, -0.05) is 200 Å². The lowest BCUT2D eigenvalue weighted by atomic mass is 9.91. The van der Waals surface area contributed by atoms with Crippen LogP contribution in [0.1, 0.15) is 0 Å². The predicted molar refractivity (Wildman–Crippen MR) is 279 cm³/mol. The maximum atomic E-state index is 6.62. The molecule has 2 heteroatoms. The lowest BCUT2D eigenvalue weighted by Crippen LogP contribution is -2.10. The van der Waals surface area contributed by atoms with E-state index in [0.717, 1.165) is 61.1 Å².